The van der Waals surface area contributed by atoms with Crippen LogP contribution in [0.15, 0.2) is 65.2 Å². The van der Waals surface area contributed by atoms with Crippen LogP contribution < -0.4 is 9.64 Å². The fraction of sp³-hybridized carbons (Fsp3) is 0.190. The van der Waals surface area contributed by atoms with Gasteiger partial charge >= 0.3 is 5.97 Å². The average Bonchev–Trinajstić information content (AvgIpc) is 2.94. The minimum atomic E-state index is -0.548. The lowest BCUT2D eigenvalue weighted by atomic mass is 9.85. The Labute approximate surface area is 164 Å². The topological polar surface area (TPSA) is 63.7 Å². The molecule has 4 rings (SSSR count). The summed E-state index contributed by atoms with van der Waals surface area (Å²) in [5.41, 5.74) is 0.692. The normalized spacial score (nSPS) is 21.3. The average molecular weight is 426 g/mol. The Kier molecular flexibility index (Phi) is 4.66. The van der Waals surface area contributed by atoms with Crippen molar-refractivity contribution in [3.05, 3.63) is 70.7 Å². The molecule has 1 aliphatic carbocycles. The highest BCUT2D eigenvalue weighted by atomic mass is 79.9. The number of ether oxygens (including phenoxy) is 1. The van der Waals surface area contributed by atoms with Gasteiger partial charge in [0, 0.05) is 4.47 Å². The van der Waals surface area contributed by atoms with Crippen LogP contribution in [0.25, 0.3) is 0 Å². The van der Waals surface area contributed by atoms with E-state index in [1.807, 2.05) is 12.2 Å². The highest BCUT2D eigenvalue weighted by Gasteiger charge is 2.48. The van der Waals surface area contributed by atoms with Crippen molar-refractivity contribution in [2.24, 2.45) is 11.8 Å². The molecule has 1 heterocycles. The second-order valence-electron chi connectivity index (χ2n) is 6.53. The number of nitrogens with zero attached hydrogens (tertiary/aromatic N) is 1. The molecule has 1 fully saturated rings. The van der Waals surface area contributed by atoms with Gasteiger partial charge in [0.15, 0.2) is 5.75 Å². The van der Waals surface area contributed by atoms with Gasteiger partial charge in [-0.05, 0) is 49.2 Å². The van der Waals surface area contributed by atoms with Crippen LogP contribution in [0.4, 0.5) is 5.69 Å². The maximum absolute atomic E-state index is 12.8. The van der Waals surface area contributed by atoms with Gasteiger partial charge in [-0.15, -0.1) is 0 Å². The summed E-state index contributed by atoms with van der Waals surface area (Å²) in [6.45, 7) is 0. The monoisotopic (exact) mass is 425 g/mol. The zero-order valence-electron chi connectivity index (χ0n) is 14.3. The number of halogens is 1. The molecule has 27 heavy (non-hydrogen) atoms. The number of anilines is 1. The van der Waals surface area contributed by atoms with Crippen molar-refractivity contribution in [3.63, 3.8) is 0 Å². The van der Waals surface area contributed by atoms with Gasteiger partial charge in [-0.1, -0.05) is 40.2 Å². The number of carbonyl (C=O) groups excluding carboxylic acids is 3. The molecule has 2 aromatic rings. The SMILES string of the molecule is O=C(Oc1ccccc1N1C(=O)[C@@H]2CC=CC[C@H]2C1=O)c1ccc(Br)cc1. The first-order valence-electron chi connectivity index (χ1n) is 8.66. The Morgan fingerprint density at radius 3 is 2.15 bits per heavy atom. The van der Waals surface area contributed by atoms with Gasteiger partial charge in [0.2, 0.25) is 11.8 Å². The van der Waals surface area contributed by atoms with Crippen LogP contribution in [0.3, 0.4) is 0 Å². The van der Waals surface area contributed by atoms with E-state index in [0.717, 1.165) is 4.47 Å². The number of benzene rings is 2. The lowest BCUT2D eigenvalue weighted by Crippen LogP contribution is -2.31. The second kappa shape index (κ2) is 7.12. The van der Waals surface area contributed by atoms with Crippen LogP contribution >= 0.6 is 15.9 Å². The molecule has 136 valence electrons. The summed E-state index contributed by atoms with van der Waals surface area (Å²) in [5, 5.41) is 0. The minimum Gasteiger partial charge on any atom is -0.421 e. The number of allylic oxidation sites excluding steroid dienone is 2. The molecule has 0 N–H and O–H groups in total. The van der Waals surface area contributed by atoms with Gasteiger partial charge in [0.25, 0.3) is 0 Å². The lowest BCUT2D eigenvalue weighted by Gasteiger charge is -2.18. The van der Waals surface area contributed by atoms with Gasteiger partial charge in [-0.3, -0.25) is 9.59 Å². The third kappa shape index (κ3) is 3.21. The minimum absolute atomic E-state index is 0.193. The number of fused-ring (bicyclic) bond motifs is 1. The van der Waals surface area contributed by atoms with E-state index in [4.69, 9.17) is 4.74 Å². The van der Waals surface area contributed by atoms with Gasteiger partial charge in [0.1, 0.15) is 0 Å². The number of imide groups is 1. The number of para-hydroxylation sites is 2. The molecule has 0 unspecified atom stereocenters. The molecule has 2 atom stereocenters. The summed E-state index contributed by atoms with van der Waals surface area (Å²) < 4.78 is 6.37. The number of esters is 1. The van der Waals surface area contributed by atoms with E-state index < -0.39 is 5.97 Å². The predicted octanol–water partition coefficient (Wildman–Crippen LogP) is 4.12. The summed E-state index contributed by atoms with van der Waals surface area (Å²) in [4.78, 5) is 39.3. The van der Waals surface area contributed by atoms with E-state index in [1.165, 1.54) is 4.90 Å². The molecule has 0 spiro atoms. The molecule has 0 bridgehead atoms. The highest BCUT2D eigenvalue weighted by Crippen LogP contribution is 2.40. The van der Waals surface area contributed by atoms with Crippen molar-refractivity contribution in [1.29, 1.82) is 0 Å². The number of hydrogen-bond acceptors (Lipinski definition) is 4. The van der Waals surface area contributed by atoms with Crippen molar-refractivity contribution >= 4 is 39.4 Å². The first-order valence-corrected chi connectivity index (χ1v) is 9.45. The maximum atomic E-state index is 12.8. The second-order valence-corrected chi connectivity index (χ2v) is 7.45. The summed E-state index contributed by atoms with van der Waals surface area (Å²) >= 11 is 3.32. The van der Waals surface area contributed by atoms with Gasteiger partial charge in [0.05, 0.1) is 23.1 Å². The van der Waals surface area contributed by atoms with Crippen LogP contribution in [-0.4, -0.2) is 17.8 Å². The summed E-state index contributed by atoms with van der Waals surface area (Å²) in [6, 6.07) is 13.4. The molecule has 2 aromatic carbocycles. The van der Waals surface area contributed by atoms with Gasteiger partial charge in [-0.25, -0.2) is 9.69 Å². The number of hydrogen-bond donors (Lipinski definition) is 0. The smallest absolute Gasteiger partial charge is 0.343 e. The maximum Gasteiger partial charge on any atom is 0.343 e. The Bertz CT molecular complexity index is 925. The molecular weight excluding hydrogens is 410 g/mol. The van der Waals surface area contributed by atoms with Crippen LogP contribution in [0.2, 0.25) is 0 Å². The number of amides is 2. The molecule has 0 radical (unpaired) electrons. The molecule has 1 saturated heterocycles. The molecular formula is C21H16BrNO4. The molecule has 0 saturated carbocycles. The number of rotatable bonds is 3. The fourth-order valence-electron chi connectivity index (χ4n) is 3.51. The Hall–Kier alpha value is -2.73. The van der Waals surface area contributed by atoms with Crippen molar-refractivity contribution in [2.45, 2.75) is 12.8 Å². The highest BCUT2D eigenvalue weighted by molar-refractivity contribution is 9.10. The lowest BCUT2D eigenvalue weighted by molar-refractivity contribution is -0.122. The fourth-order valence-corrected chi connectivity index (χ4v) is 3.78. The van der Waals surface area contributed by atoms with Crippen LogP contribution in [0, 0.1) is 11.8 Å². The first-order chi connectivity index (χ1) is 13.1. The van der Waals surface area contributed by atoms with Crippen molar-refractivity contribution in [2.75, 3.05) is 4.90 Å². The van der Waals surface area contributed by atoms with E-state index in [9.17, 15) is 14.4 Å². The standard InChI is InChI=1S/C21H16BrNO4/c22-14-11-9-13(10-12-14)21(26)27-18-8-4-3-7-17(18)23-19(24)15-5-1-2-6-16(15)20(23)25/h1-4,7-12,15-16H,5-6H2/t15-,16-/m1/s1. The van der Waals surface area contributed by atoms with Crippen molar-refractivity contribution in [3.8, 4) is 5.75 Å². The van der Waals surface area contributed by atoms with Crippen LogP contribution in [-0.2, 0) is 9.59 Å². The summed E-state index contributed by atoms with van der Waals surface area (Å²) in [6.07, 6.45) is 5.00. The van der Waals surface area contributed by atoms with E-state index in [0.29, 0.717) is 24.1 Å². The van der Waals surface area contributed by atoms with Gasteiger partial charge < -0.3 is 4.74 Å². The van der Waals surface area contributed by atoms with Gasteiger partial charge in [-0.2, -0.15) is 0 Å². The van der Waals surface area contributed by atoms with E-state index in [1.54, 1.807) is 48.5 Å². The van der Waals surface area contributed by atoms with E-state index >= 15 is 0 Å². The number of carbonyl (C=O) groups is 3. The van der Waals surface area contributed by atoms with Crippen molar-refractivity contribution in [1.82, 2.24) is 0 Å². The molecule has 5 nitrogen and oxygen atoms in total. The zero-order chi connectivity index (χ0) is 19.0. The Morgan fingerprint density at radius 2 is 1.52 bits per heavy atom. The summed E-state index contributed by atoms with van der Waals surface area (Å²) in [7, 11) is 0. The van der Waals surface area contributed by atoms with Crippen LogP contribution in [0.1, 0.15) is 23.2 Å². The quantitative estimate of drug-likeness (QED) is 0.321. The molecule has 2 amide bonds. The molecule has 2 aliphatic rings. The molecule has 0 aromatic heterocycles. The zero-order valence-corrected chi connectivity index (χ0v) is 15.9. The summed E-state index contributed by atoms with van der Waals surface area (Å²) in [5.74, 6) is -1.50. The Morgan fingerprint density at radius 1 is 0.926 bits per heavy atom. The van der Waals surface area contributed by atoms with E-state index in [2.05, 4.69) is 15.9 Å². The van der Waals surface area contributed by atoms with E-state index in [-0.39, 0.29) is 29.4 Å². The van der Waals surface area contributed by atoms with Crippen LogP contribution in [0.5, 0.6) is 5.75 Å². The third-order valence-electron chi connectivity index (χ3n) is 4.90. The Balaban J connectivity index is 1.64. The largest absolute Gasteiger partial charge is 0.421 e. The predicted molar refractivity (Wildman–Crippen MR) is 103 cm³/mol. The molecule has 1 aliphatic heterocycles. The molecule has 6 heteroatoms. The first kappa shape index (κ1) is 17.7. The third-order valence-corrected chi connectivity index (χ3v) is 5.42. The van der Waals surface area contributed by atoms with Crippen molar-refractivity contribution < 1.29 is 19.1 Å².